The molecule has 1 N–H and O–H groups in total. The Morgan fingerprint density at radius 2 is 1.91 bits per heavy atom. The summed E-state index contributed by atoms with van der Waals surface area (Å²) in [6.07, 6.45) is 5.76. The summed E-state index contributed by atoms with van der Waals surface area (Å²) in [6, 6.07) is 14.8. The fourth-order valence-corrected chi connectivity index (χ4v) is 8.25. The number of hydrogen-bond acceptors (Lipinski definition) is 5. The number of nitrogens with zero attached hydrogens (tertiary/aromatic N) is 2. The minimum absolute atomic E-state index is 0.0452. The Bertz CT molecular complexity index is 1560. The van der Waals surface area contributed by atoms with Gasteiger partial charge in [0.05, 0.1) is 15.1 Å². The SMILES string of the molecule is CCC1CCCCN1S(=O)(=O)c1ccc(C(=O)Nc2nc3c(cc4c5c(cccc53)CC4)s2)cc1. The first-order valence-electron chi connectivity index (χ1n) is 12.2. The number of nitrogens with one attached hydrogen (secondary N) is 1. The maximum Gasteiger partial charge on any atom is 0.257 e. The number of anilines is 1. The third-order valence-electron chi connectivity index (χ3n) is 7.34. The van der Waals surface area contributed by atoms with Crippen LogP contribution in [0.2, 0.25) is 0 Å². The molecule has 1 saturated heterocycles. The van der Waals surface area contributed by atoms with Crippen LogP contribution in [-0.2, 0) is 22.9 Å². The van der Waals surface area contributed by atoms with Gasteiger partial charge >= 0.3 is 0 Å². The van der Waals surface area contributed by atoms with Crippen molar-refractivity contribution in [2.24, 2.45) is 0 Å². The number of rotatable bonds is 5. The van der Waals surface area contributed by atoms with E-state index in [9.17, 15) is 13.2 Å². The predicted octanol–water partition coefficient (Wildman–Crippen LogP) is 5.75. The van der Waals surface area contributed by atoms with Gasteiger partial charge in [0, 0.05) is 23.5 Å². The molecule has 0 bridgehead atoms. The van der Waals surface area contributed by atoms with E-state index < -0.39 is 10.0 Å². The normalized spacial score (nSPS) is 18.4. The molecule has 1 aliphatic carbocycles. The molecular formula is C27H27N3O3S2. The van der Waals surface area contributed by atoms with Crippen molar-refractivity contribution in [3.63, 3.8) is 0 Å². The molecule has 4 aromatic rings. The molecule has 1 aliphatic heterocycles. The van der Waals surface area contributed by atoms with Gasteiger partial charge in [-0.15, -0.1) is 0 Å². The number of carbonyl (C=O) groups is 1. The number of sulfonamides is 1. The van der Waals surface area contributed by atoms with Gasteiger partial charge in [0.25, 0.3) is 5.91 Å². The first kappa shape index (κ1) is 22.6. The maximum absolute atomic E-state index is 13.2. The lowest BCUT2D eigenvalue weighted by atomic mass is 10.0. The predicted molar refractivity (Wildman–Crippen MR) is 141 cm³/mol. The quantitative estimate of drug-likeness (QED) is 0.374. The molecule has 3 aromatic carbocycles. The van der Waals surface area contributed by atoms with Gasteiger partial charge in [-0.3, -0.25) is 10.1 Å². The zero-order valence-electron chi connectivity index (χ0n) is 19.6. The summed E-state index contributed by atoms with van der Waals surface area (Å²) in [6.45, 7) is 2.58. The van der Waals surface area contributed by atoms with Crippen LogP contribution in [0.5, 0.6) is 0 Å². The number of carbonyl (C=O) groups excluding carboxylic acids is 1. The Hall–Kier alpha value is -2.81. The number of thiazole rings is 1. The lowest BCUT2D eigenvalue weighted by Crippen LogP contribution is -2.43. The largest absolute Gasteiger partial charge is 0.298 e. The van der Waals surface area contributed by atoms with Crippen LogP contribution in [0.4, 0.5) is 5.13 Å². The lowest BCUT2D eigenvalue weighted by Gasteiger charge is -2.34. The molecule has 1 unspecified atom stereocenters. The fourth-order valence-electron chi connectivity index (χ4n) is 5.54. The van der Waals surface area contributed by atoms with Crippen molar-refractivity contribution >= 4 is 53.4 Å². The molecule has 8 heteroatoms. The molecule has 1 fully saturated rings. The first-order valence-corrected chi connectivity index (χ1v) is 14.5. The van der Waals surface area contributed by atoms with E-state index in [1.165, 1.54) is 40.0 Å². The van der Waals surface area contributed by atoms with Crippen molar-refractivity contribution in [2.45, 2.75) is 56.4 Å². The van der Waals surface area contributed by atoms with Crippen LogP contribution >= 0.6 is 11.3 Å². The fraction of sp³-hybridized carbons (Fsp3) is 0.333. The van der Waals surface area contributed by atoms with E-state index in [2.05, 4.69) is 29.6 Å². The highest BCUT2D eigenvalue weighted by atomic mass is 32.2. The molecule has 6 nitrogen and oxygen atoms in total. The molecular weight excluding hydrogens is 478 g/mol. The van der Waals surface area contributed by atoms with E-state index >= 15 is 0 Å². The molecule has 1 amide bonds. The number of aromatic nitrogens is 1. The summed E-state index contributed by atoms with van der Waals surface area (Å²) in [5, 5.41) is 5.90. The monoisotopic (exact) mass is 505 g/mol. The van der Waals surface area contributed by atoms with Gasteiger partial charge in [0.2, 0.25) is 10.0 Å². The van der Waals surface area contributed by atoms with E-state index in [1.54, 1.807) is 16.4 Å². The molecule has 0 saturated carbocycles. The Morgan fingerprint density at radius 1 is 1.11 bits per heavy atom. The highest BCUT2D eigenvalue weighted by Crippen LogP contribution is 2.39. The van der Waals surface area contributed by atoms with Crippen molar-refractivity contribution in [3.8, 4) is 0 Å². The van der Waals surface area contributed by atoms with Crippen molar-refractivity contribution in [1.29, 1.82) is 0 Å². The van der Waals surface area contributed by atoms with Crippen LogP contribution in [0.1, 0.15) is 54.1 Å². The summed E-state index contributed by atoms with van der Waals surface area (Å²) < 4.78 is 29.1. The minimum Gasteiger partial charge on any atom is -0.298 e. The second kappa shape index (κ2) is 8.69. The van der Waals surface area contributed by atoms with E-state index in [0.717, 1.165) is 54.1 Å². The number of benzene rings is 3. The summed E-state index contributed by atoms with van der Waals surface area (Å²) >= 11 is 1.47. The summed E-state index contributed by atoms with van der Waals surface area (Å²) in [4.78, 5) is 17.9. The van der Waals surface area contributed by atoms with Crippen molar-refractivity contribution in [1.82, 2.24) is 9.29 Å². The van der Waals surface area contributed by atoms with Crippen LogP contribution < -0.4 is 5.32 Å². The van der Waals surface area contributed by atoms with Gasteiger partial charge in [-0.2, -0.15) is 4.31 Å². The third-order valence-corrected chi connectivity index (χ3v) is 10.2. The van der Waals surface area contributed by atoms with Crippen LogP contribution in [0.3, 0.4) is 0 Å². The van der Waals surface area contributed by atoms with Crippen molar-refractivity contribution in [2.75, 3.05) is 11.9 Å². The van der Waals surface area contributed by atoms with E-state index in [-0.39, 0.29) is 16.8 Å². The Kier molecular flexibility index (Phi) is 5.62. The lowest BCUT2D eigenvalue weighted by molar-refractivity contribution is 0.102. The van der Waals surface area contributed by atoms with Crippen molar-refractivity contribution < 1.29 is 13.2 Å². The van der Waals surface area contributed by atoms with Gasteiger partial charge in [-0.25, -0.2) is 13.4 Å². The number of amides is 1. The van der Waals surface area contributed by atoms with E-state index in [4.69, 9.17) is 4.98 Å². The molecule has 1 aromatic heterocycles. The van der Waals surface area contributed by atoms with Gasteiger partial charge in [0.1, 0.15) is 0 Å². The van der Waals surface area contributed by atoms with Gasteiger partial charge in [0.15, 0.2) is 5.13 Å². The molecule has 2 heterocycles. The third kappa shape index (κ3) is 3.84. The topological polar surface area (TPSA) is 79.4 Å². The van der Waals surface area contributed by atoms with Crippen molar-refractivity contribution in [3.05, 3.63) is 65.2 Å². The number of fused-ring (bicyclic) bond motifs is 2. The maximum atomic E-state index is 13.2. The standard InChI is InChI=1S/C27H27N3O3S2/c1-2-20-7-3-4-15-30(20)35(32,33)21-13-11-18(12-14-21)26(31)29-27-28-25-22-8-5-6-17-9-10-19(24(17)22)16-23(25)34-27/h5-6,8,11-14,16,20H,2-4,7,9-10,15H2,1H3,(H,28,29,31). The van der Waals surface area contributed by atoms with Crippen LogP contribution in [0, 0.1) is 0 Å². The Balaban J connectivity index is 1.24. The smallest absolute Gasteiger partial charge is 0.257 e. The van der Waals surface area contributed by atoms with Gasteiger partial charge in [-0.1, -0.05) is 42.9 Å². The highest BCUT2D eigenvalue weighted by molar-refractivity contribution is 7.89. The van der Waals surface area contributed by atoms with Gasteiger partial charge in [-0.05, 0) is 78.9 Å². The summed E-state index contributed by atoms with van der Waals surface area (Å²) in [7, 11) is -3.57. The molecule has 6 rings (SSSR count). The van der Waals surface area contributed by atoms with Crippen LogP contribution in [0.25, 0.3) is 21.0 Å². The second-order valence-corrected chi connectivity index (χ2v) is 12.3. The number of hydrogen-bond donors (Lipinski definition) is 1. The Morgan fingerprint density at radius 3 is 2.71 bits per heavy atom. The van der Waals surface area contributed by atoms with Crippen LogP contribution in [-0.4, -0.2) is 36.2 Å². The van der Waals surface area contributed by atoms with E-state index in [1.807, 2.05) is 6.92 Å². The Labute approximate surface area is 209 Å². The van der Waals surface area contributed by atoms with E-state index in [0.29, 0.717) is 17.2 Å². The average Bonchev–Trinajstić information content (AvgIpc) is 3.49. The van der Waals surface area contributed by atoms with Gasteiger partial charge < -0.3 is 0 Å². The minimum atomic E-state index is -3.57. The molecule has 1 atom stereocenters. The summed E-state index contributed by atoms with van der Waals surface area (Å²) in [5.41, 5.74) is 4.03. The molecule has 180 valence electrons. The second-order valence-electron chi connectivity index (χ2n) is 9.39. The first-order chi connectivity index (χ1) is 17.0. The average molecular weight is 506 g/mol. The molecule has 35 heavy (non-hydrogen) atoms. The number of aryl methyl sites for hydroxylation is 2. The molecule has 2 aliphatic rings. The zero-order valence-corrected chi connectivity index (χ0v) is 21.2. The zero-order chi connectivity index (χ0) is 24.2. The molecule has 0 spiro atoms. The number of piperidine rings is 1. The highest BCUT2D eigenvalue weighted by Gasteiger charge is 2.32. The van der Waals surface area contributed by atoms with Crippen LogP contribution in [0.15, 0.2) is 53.4 Å². The summed E-state index contributed by atoms with van der Waals surface area (Å²) in [5.74, 6) is -0.297. The molecule has 0 radical (unpaired) electrons.